The summed E-state index contributed by atoms with van der Waals surface area (Å²) in [5.41, 5.74) is 5.64. The van der Waals surface area contributed by atoms with Gasteiger partial charge in [0.05, 0.1) is 0 Å². The van der Waals surface area contributed by atoms with E-state index in [1.807, 2.05) is 13.8 Å². The van der Waals surface area contributed by atoms with Crippen LogP contribution in [0.15, 0.2) is 0 Å². The minimum absolute atomic E-state index is 0.0957. The Morgan fingerprint density at radius 3 is 2.56 bits per heavy atom. The number of nitrogens with two attached hydrogens (primary N) is 1. The third-order valence-electron chi connectivity index (χ3n) is 4.03. The number of nitrogens with one attached hydrogen (secondary N) is 1. The van der Waals surface area contributed by atoms with E-state index in [9.17, 15) is 13.6 Å². The monoisotopic (exact) mass is 262 g/mol. The largest absolute Gasteiger partial charge is 0.354 e. The molecule has 1 unspecified atom stereocenters. The fourth-order valence-electron chi connectivity index (χ4n) is 2.30. The molecular weight excluding hydrogens is 238 g/mol. The standard InChI is InChI=1S/C13H24F2N2O/c1-3-12(16,4-2)9-17-11(18)10-6-5-7-13(14,15)8-10/h10H,3-9,16H2,1-2H3,(H,17,18). The first-order valence-corrected chi connectivity index (χ1v) is 6.76. The van der Waals surface area contributed by atoms with Crippen molar-refractivity contribution in [3.05, 3.63) is 0 Å². The van der Waals surface area contributed by atoms with E-state index in [2.05, 4.69) is 5.32 Å². The third kappa shape index (κ3) is 4.19. The summed E-state index contributed by atoms with van der Waals surface area (Å²) in [6.07, 6.45) is 2.06. The van der Waals surface area contributed by atoms with Gasteiger partial charge in [0.2, 0.25) is 11.8 Å². The normalized spacial score (nSPS) is 23.7. The maximum absolute atomic E-state index is 13.2. The van der Waals surface area contributed by atoms with Gasteiger partial charge in [0, 0.05) is 30.8 Å². The molecule has 0 bridgehead atoms. The van der Waals surface area contributed by atoms with Gasteiger partial charge in [0.25, 0.3) is 0 Å². The highest BCUT2D eigenvalue weighted by molar-refractivity contribution is 5.78. The summed E-state index contributed by atoms with van der Waals surface area (Å²) in [7, 11) is 0. The average molecular weight is 262 g/mol. The van der Waals surface area contributed by atoms with Crippen molar-refractivity contribution in [3.63, 3.8) is 0 Å². The molecule has 0 radical (unpaired) electrons. The molecular formula is C13H24F2N2O. The molecule has 1 saturated carbocycles. The zero-order valence-electron chi connectivity index (χ0n) is 11.3. The smallest absolute Gasteiger partial charge is 0.248 e. The van der Waals surface area contributed by atoms with E-state index in [0.717, 1.165) is 12.8 Å². The van der Waals surface area contributed by atoms with Crippen molar-refractivity contribution >= 4 is 5.91 Å². The Kier molecular flexibility index (Phi) is 5.08. The van der Waals surface area contributed by atoms with Crippen LogP contribution in [0.2, 0.25) is 0 Å². The Hall–Kier alpha value is -0.710. The number of carbonyl (C=O) groups is 1. The van der Waals surface area contributed by atoms with Gasteiger partial charge in [-0.05, 0) is 25.7 Å². The van der Waals surface area contributed by atoms with Gasteiger partial charge in [-0.25, -0.2) is 8.78 Å². The Bertz CT molecular complexity index is 291. The maximum atomic E-state index is 13.2. The Labute approximate surface area is 107 Å². The van der Waals surface area contributed by atoms with Crippen LogP contribution in [0.3, 0.4) is 0 Å². The number of rotatable bonds is 5. The Balaban J connectivity index is 2.46. The molecule has 1 aliphatic carbocycles. The number of amides is 1. The summed E-state index contributed by atoms with van der Waals surface area (Å²) < 4.78 is 26.4. The molecule has 0 aromatic heterocycles. The van der Waals surface area contributed by atoms with Crippen LogP contribution in [0.4, 0.5) is 8.78 Å². The van der Waals surface area contributed by atoms with Gasteiger partial charge in [-0.2, -0.15) is 0 Å². The minimum Gasteiger partial charge on any atom is -0.354 e. The second-order valence-electron chi connectivity index (χ2n) is 5.44. The molecule has 0 aromatic carbocycles. The van der Waals surface area contributed by atoms with Crippen LogP contribution in [0.1, 0.15) is 52.4 Å². The number of hydrogen-bond acceptors (Lipinski definition) is 2. The van der Waals surface area contributed by atoms with Crippen LogP contribution < -0.4 is 11.1 Å². The molecule has 1 rings (SSSR count). The van der Waals surface area contributed by atoms with Gasteiger partial charge >= 0.3 is 0 Å². The molecule has 18 heavy (non-hydrogen) atoms. The Morgan fingerprint density at radius 1 is 1.44 bits per heavy atom. The predicted molar refractivity (Wildman–Crippen MR) is 67.4 cm³/mol. The summed E-state index contributed by atoms with van der Waals surface area (Å²) in [4.78, 5) is 11.9. The van der Waals surface area contributed by atoms with Crippen molar-refractivity contribution < 1.29 is 13.6 Å². The zero-order valence-corrected chi connectivity index (χ0v) is 11.3. The Morgan fingerprint density at radius 2 is 2.06 bits per heavy atom. The first-order valence-electron chi connectivity index (χ1n) is 6.76. The van der Waals surface area contributed by atoms with Crippen LogP contribution in [0, 0.1) is 5.92 Å². The molecule has 0 heterocycles. The minimum atomic E-state index is -2.68. The quantitative estimate of drug-likeness (QED) is 0.799. The van der Waals surface area contributed by atoms with Gasteiger partial charge in [0.1, 0.15) is 0 Å². The summed E-state index contributed by atoms with van der Waals surface area (Å²) in [5.74, 6) is -3.52. The van der Waals surface area contributed by atoms with Gasteiger partial charge in [-0.1, -0.05) is 13.8 Å². The number of alkyl halides is 2. The molecule has 1 amide bonds. The number of hydrogen-bond donors (Lipinski definition) is 2. The summed E-state index contributed by atoms with van der Waals surface area (Å²) in [6, 6.07) is 0. The average Bonchev–Trinajstić information content (AvgIpc) is 2.34. The van der Waals surface area contributed by atoms with Crippen molar-refractivity contribution in [1.82, 2.24) is 5.32 Å². The second-order valence-corrected chi connectivity index (χ2v) is 5.44. The number of carbonyl (C=O) groups excluding carboxylic acids is 1. The summed E-state index contributed by atoms with van der Waals surface area (Å²) in [5, 5.41) is 2.74. The van der Waals surface area contributed by atoms with Crippen LogP contribution in [-0.2, 0) is 4.79 Å². The summed E-state index contributed by atoms with van der Waals surface area (Å²) in [6.45, 7) is 4.29. The van der Waals surface area contributed by atoms with Crippen LogP contribution in [-0.4, -0.2) is 23.9 Å². The first-order chi connectivity index (χ1) is 8.32. The van der Waals surface area contributed by atoms with Gasteiger partial charge in [-0.3, -0.25) is 4.79 Å². The highest BCUT2D eigenvalue weighted by atomic mass is 19.3. The molecule has 0 aliphatic heterocycles. The van der Waals surface area contributed by atoms with E-state index in [0.29, 0.717) is 19.4 Å². The SMILES string of the molecule is CCC(N)(CC)CNC(=O)C1CCCC(F)(F)C1. The van der Waals surface area contributed by atoms with Crippen molar-refractivity contribution in [2.24, 2.45) is 11.7 Å². The first kappa shape index (κ1) is 15.3. The van der Waals surface area contributed by atoms with Gasteiger partial charge in [0.15, 0.2) is 0 Å². The lowest BCUT2D eigenvalue weighted by atomic mass is 9.85. The van der Waals surface area contributed by atoms with E-state index in [1.54, 1.807) is 0 Å². The lowest BCUT2D eigenvalue weighted by Gasteiger charge is -2.31. The maximum Gasteiger partial charge on any atom is 0.248 e. The second kappa shape index (κ2) is 5.95. The van der Waals surface area contributed by atoms with Crippen LogP contribution >= 0.6 is 0 Å². The van der Waals surface area contributed by atoms with Crippen molar-refractivity contribution in [1.29, 1.82) is 0 Å². The molecule has 3 nitrogen and oxygen atoms in total. The highest BCUT2D eigenvalue weighted by Crippen LogP contribution is 2.36. The molecule has 1 aliphatic rings. The lowest BCUT2D eigenvalue weighted by molar-refractivity contribution is -0.132. The van der Waals surface area contributed by atoms with E-state index in [-0.39, 0.29) is 18.7 Å². The highest BCUT2D eigenvalue weighted by Gasteiger charge is 2.39. The lowest BCUT2D eigenvalue weighted by Crippen LogP contribution is -2.51. The zero-order chi connectivity index (χ0) is 13.8. The molecule has 0 aromatic rings. The fourth-order valence-corrected chi connectivity index (χ4v) is 2.30. The number of halogens is 2. The predicted octanol–water partition coefficient (Wildman–Crippen LogP) is 2.45. The third-order valence-corrected chi connectivity index (χ3v) is 4.03. The van der Waals surface area contributed by atoms with Gasteiger partial charge < -0.3 is 11.1 Å². The van der Waals surface area contributed by atoms with Crippen molar-refractivity contribution in [2.75, 3.05) is 6.54 Å². The van der Waals surface area contributed by atoms with E-state index in [4.69, 9.17) is 5.73 Å². The van der Waals surface area contributed by atoms with Gasteiger partial charge in [-0.15, -0.1) is 0 Å². The van der Waals surface area contributed by atoms with Crippen LogP contribution in [0.5, 0.6) is 0 Å². The van der Waals surface area contributed by atoms with Crippen LogP contribution in [0.25, 0.3) is 0 Å². The molecule has 3 N–H and O–H groups in total. The van der Waals surface area contributed by atoms with E-state index >= 15 is 0 Å². The fraction of sp³-hybridized carbons (Fsp3) is 0.923. The van der Waals surface area contributed by atoms with E-state index in [1.165, 1.54) is 0 Å². The van der Waals surface area contributed by atoms with Crippen molar-refractivity contribution in [2.45, 2.75) is 63.8 Å². The molecule has 1 atom stereocenters. The molecule has 0 saturated heterocycles. The van der Waals surface area contributed by atoms with E-state index < -0.39 is 17.4 Å². The van der Waals surface area contributed by atoms with Crippen molar-refractivity contribution in [3.8, 4) is 0 Å². The molecule has 5 heteroatoms. The topological polar surface area (TPSA) is 55.1 Å². The molecule has 1 fully saturated rings. The molecule has 0 spiro atoms. The summed E-state index contributed by atoms with van der Waals surface area (Å²) >= 11 is 0. The molecule has 106 valence electrons.